The highest BCUT2D eigenvalue weighted by Gasteiger charge is 2.21. The van der Waals surface area contributed by atoms with Crippen molar-refractivity contribution in [3.63, 3.8) is 0 Å². The van der Waals surface area contributed by atoms with Crippen molar-refractivity contribution in [2.45, 2.75) is 18.6 Å². The van der Waals surface area contributed by atoms with Crippen LogP contribution in [0.2, 0.25) is 0 Å². The Hall–Kier alpha value is -1.38. The van der Waals surface area contributed by atoms with Gasteiger partial charge in [0.2, 0.25) is 0 Å². The first-order chi connectivity index (χ1) is 9.09. The van der Waals surface area contributed by atoms with Gasteiger partial charge in [0.05, 0.1) is 23.1 Å². The fourth-order valence-electron chi connectivity index (χ4n) is 2.47. The van der Waals surface area contributed by atoms with Crippen LogP contribution in [0.1, 0.15) is 24.0 Å². The molecule has 0 bridgehead atoms. The van der Waals surface area contributed by atoms with Crippen LogP contribution in [0.4, 0.5) is 0 Å². The number of benzene rings is 1. The Morgan fingerprint density at radius 3 is 2.95 bits per heavy atom. The fraction of sp³-hybridized carbons (Fsp3) is 0.500. The maximum atomic E-state index is 12.2. The van der Waals surface area contributed by atoms with E-state index >= 15 is 0 Å². The minimum Gasteiger partial charge on any atom is -0.316 e. The molecule has 1 atom stereocenters. The minimum absolute atomic E-state index is 0.0268. The van der Waals surface area contributed by atoms with E-state index in [0.717, 1.165) is 25.9 Å². The number of nitriles is 1. The number of piperidine rings is 1. The molecule has 0 amide bonds. The van der Waals surface area contributed by atoms with Crippen molar-refractivity contribution in [1.29, 1.82) is 5.26 Å². The summed E-state index contributed by atoms with van der Waals surface area (Å²) in [6.45, 7) is 1.78. The molecular formula is C14H18N2O2S. The van der Waals surface area contributed by atoms with Crippen LogP contribution in [-0.2, 0) is 15.6 Å². The first-order valence-corrected chi connectivity index (χ1v) is 8.31. The Morgan fingerprint density at radius 2 is 2.26 bits per heavy atom. The van der Waals surface area contributed by atoms with Gasteiger partial charge in [0.15, 0.2) is 9.84 Å². The van der Waals surface area contributed by atoms with Gasteiger partial charge in [-0.1, -0.05) is 12.1 Å². The van der Waals surface area contributed by atoms with Crippen LogP contribution in [0.5, 0.6) is 0 Å². The van der Waals surface area contributed by atoms with Crippen molar-refractivity contribution in [2.24, 2.45) is 5.92 Å². The molecule has 4 nitrogen and oxygen atoms in total. The van der Waals surface area contributed by atoms with Gasteiger partial charge < -0.3 is 5.32 Å². The van der Waals surface area contributed by atoms with E-state index in [-0.39, 0.29) is 17.4 Å². The molecule has 19 heavy (non-hydrogen) atoms. The van der Waals surface area contributed by atoms with Gasteiger partial charge in [0.25, 0.3) is 0 Å². The summed E-state index contributed by atoms with van der Waals surface area (Å²) in [5.41, 5.74) is 1.20. The Kier molecular flexibility index (Phi) is 4.56. The molecular weight excluding hydrogens is 260 g/mol. The number of nitrogens with one attached hydrogen (secondary N) is 1. The molecule has 1 unspecified atom stereocenters. The number of sulfone groups is 1. The van der Waals surface area contributed by atoms with E-state index in [2.05, 4.69) is 5.32 Å². The maximum absolute atomic E-state index is 12.2. The van der Waals surface area contributed by atoms with E-state index in [4.69, 9.17) is 5.26 Å². The second kappa shape index (κ2) is 6.18. The molecule has 0 spiro atoms. The summed E-state index contributed by atoms with van der Waals surface area (Å²) in [6, 6.07) is 8.85. The highest BCUT2D eigenvalue weighted by Crippen LogP contribution is 2.16. The van der Waals surface area contributed by atoms with E-state index < -0.39 is 9.84 Å². The minimum atomic E-state index is -3.11. The molecule has 1 fully saturated rings. The maximum Gasteiger partial charge on any atom is 0.154 e. The lowest BCUT2D eigenvalue weighted by atomic mass is 10.0. The molecule has 1 saturated heterocycles. The Bertz CT molecular complexity index is 569. The molecule has 5 heteroatoms. The average molecular weight is 278 g/mol. The lowest BCUT2D eigenvalue weighted by Gasteiger charge is -2.22. The van der Waals surface area contributed by atoms with E-state index in [0.29, 0.717) is 11.1 Å². The normalized spacial score (nSPS) is 19.8. The molecule has 0 aromatic heterocycles. The second-order valence-corrected chi connectivity index (χ2v) is 7.19. The van der Waals surface area contributed by atoms with Crippen LogP contribution in [0, 0.1) is 17.2 Å². The smallest absolute Gasteiger partial charge is 0.154 e. The van der Waals surface area contributed by atoms with Crippen LogP contribution in [-0.4, -0.2) is 27.3 Å². The van der Waals surface area contributed by atoms with Crippen molar-refractivity contribution < 1.29 is 8.42 Å². The van der Waals surface area contributed by atoms with E-state index in [9.17, 15) is 8.42 Å². The lowest BCUT2D eigenvalue weighted by Crippen LogP contribution is -2.34. The Balaban J connectivity index is 2.01. The van der Waals surface area contributed by atoms with Crippen LogP contribution < -0.4 is 5.32 Å². The van der Waals surface area contributed by atoms with Gasteiger partial charge in [-0.15, -0.1) is 0 Å². The summed E-state index contributed by atoms with van der Waals surface area (Å²) >= 11 is 0. The van der Waals surface area contributed by atoms with Crippen molar-refractivity contribution in [3.05, 3.63) is 35.4 Å². The van der Waals surface area contributed by atoms with Crippen LogP contribution >= 0.6 is 0 Å². The summed E-state index contributed by atoms with van der Waals surface area (Å²) in [7, 11) is -3.11. The summed E-state index contributed by atoms with van der Waals surface area (Å²) < 4.78 is 24.3. The zero-order valence-corrected chi connectivity index (χ0v) is 11.6. The molecule has 0 saturated carbocycles. The summed E-state index contributed by atoms with van der Waals surface area (Å²) in [5.74, 6) is 0.480. The number of hydrogen-bond acceptors (Lipinski definition) is 4. The molecule has 1 N–H and O–H groups in total. The van der Waals surface area contributed by atoms with Gasteiger partial charge in [-0.25, -0.2) is 8.42 Å². The van der Waals surface area contributed by atoms with E-state index in [1.807, 2.05) is 6.07 Å². The largest absolute Gasteiger partial charge is 0.316 e. The Morgan fingerprint density at radius 1 is 1.42 bits per heavy atom. The Labute approximate surface area is 114 Å². The van der Waals surface area contributed by atoms with Gasteiger partial charge in [-0.3, -0.25) is 0 Å². The molecule has 1 aliphatic rings. The van der Waals surface area contributed by atoms with Crippen LogP contribution in [0.15, 0.2) is 24.3 Å². The zero-order chi connectivity index (χ0) is 13.7. The van der Waals surface area contributed by atoms with Crippen molar-refractivity contribution in [2.75, 3.05) is 18.8 Å². The zero-order valence-electron chi connectivity index (χ0n) is 10.8. The first-order valence-electron chi connectivity index (χ1n) is 6.49. The fourth-order valence-corrected chi connectivity index (χ4v) is 4.28. The number of hydrogen-bond donors (Lipinski definition) is 1. The molecule has 0 radical (unpaired) electrons. The highest BCUT2D eigenvalue weighted by atomic mass is 32.2. The molecule has 2 rings (SSSR count). The number of rotatable bonds is 4. The molecule has 102 valence electrons. The average Bonchev–Trinajstić information content (AvgIpc) is 2.39. The summed E-state index contributed by atoms with van der Waals surface area (Å²) in [5, 5.41) is 12.0. The van der Waals surface area contributed by atoms with Crippen molar-refractivity contribution >= 4 is 9.84 Å². The first kappa shape index (κ1) is 14.0. The predicted molar refractivity (Wildman–Crippen MR) is 74.2 cm³/mol. The van der Waals surface area contributed by atoms with Crippen molar-refractivity contribution in [3.8, 4) is 6.07 Å². The van der Waals surface area contributed by atoms with Gasteiger partial charge in [0, 0.05) is 0 Å². The van der Waals surface area contributed by atoms with Gasteiger partial charge in [-0.05, 0) is 49.5 Å². The van der Waals surface area contributed by atoms with Gasteiger partial charge >= 0.3 is 0 Å². The van der Waals surface area contributed by atoms with Crippen molar-refractivity contribution in [1.82, 2.24) is 5.32 Å². The molecule has 0 aliphatic carbocycles. The third-order valence-corrected chi connectivity index (χ3v) is 5.08. The molecule has 1 heterocycles. The topological polar surface area (TPSA) is 70.0 Å². The standard InChI is InChI=1S/C14H18N2O2S/c15-8-12-3-1-4-13(7-12)10-19(17,18)11-14-5-2-6-16-9-14/h1,3-4,7,14,16H,2,5-6,9-11H2. The monoisotopic (exact) mass is 278 g/mol. The third-order valence-electron chi connectivity index (χ3n) is 3.33. The molecule has 1 aliphatic heterocycles. The third kappa shape index (κ3) is 4.34. The second-order valence-electron chi connectivity index (χ2n) is 5.08. The van der Waals surface area contributed by atoms with Gasteiger partial charge in [0.1, 0.15) is 0 Å². The molecule has 1 aromatic rings. The van der Waals surface area contributed by atoms with Gasteiger partial charge in [-0.2, -0.15) is 5.26 Å². The quantitative estimate of drug-likeness (QED) is 0.905. The highest BCUT2D eigenvalue weighted by molar-refractivity contribution is 7.90. The number of nitrogens with zero attached hydrogens (tertiary/aromatic N) is 1. The van der Waals surface area contributed by atoms with E-state index in [1.165, 1.54) is 0 Å². The SMILES string of the molecule is N#Cc1cccc(CS(=O)(=O)CC2CCCNC2)c1. The molecule has 1 aromatic carbocycles. The van der Waals surface area contributed by atoms with E-state index in [1.54, 1.807) is 24.3 Å². The summed E-state index contributed by atoms with van der Waals surface area (Å²) in [6.07, 6.45) is 2.02. The van der Waals surface area contributed by atoms with Crippen LogP contribution in [0.3, 0.4) is 0 Å². The van der Waals surface area contributed by atoms with Crippen LogP contribution in [0.25, 0.3) is 0 Å². The predicted octanol–water partition coefficient (Wildman–Crippen LogP) is 1.47. The lowest BCUT2D eigenvalue weighted by molar-refractivity contribution is 0.404. The summed E-state index contributed by atoms with van der Waals surface area (Å²) in [4.78, 5) is 0.